The molecule has 0 saturated heterocycles. The average molecular weight is 457 g/mol. The van der Waals surface area contributed by atoms with Gasteiger partial charge < -0.3 is 19.5 Å². The number of H-pyrrole nitrogens is 1. The van der Waals surface area contributed by atoms with Gasteiger partial charge >= 0.3 is 0 Å². The SMILES string of the molecule is COCCOc1ccc(C(C)NC(=O)Cn2c(-c3cccc(C)c3)n[nH]c2=S)cc1OC. The fourth-order valence-electron chi connectivity index (χ4n) is 3.29. The minimum atomic E-state index is -0.243. The van der Waals surface area contributed by atoms with Crippen LogP contribution in [0.15, 0.2) is 42.5 Å². The van der Waals surface area contributed by atoms with Crippen molar-refractivity contribution < 1.29 is 19.0 Å². The molecule has 1 aromatic heterocycles. The first-order chi connectivity index (χ1) is 15.4. The molecule has 1 atom stereocenters. The standard InChI is InChI=1S/C23H28N4O4S/c1-15-6-5-7-18(12-15)22-25-26-23(32)27(22)14-21(28)24-16(2)17-8-9-19(20(13-17)30-4)31-11-10-29-3/h5-9,12-13,16H,10-11,14H2,1-4H3,(H,24,28)(H,26,32). The topological polar surface area (TPSA) is 90.4 Å². The molecule has 0 saturated carbocycles. The molecule has 0 aliphatic carbocycles. The summed E-state index contributed by atoms with van der Waals surface area (Å²) in [5.74, 6) is 1.67. The lowest BCUT2D eigenvalue weighted by Gasteiger charge is -2.17. The number of nitrogens with one attached hydrogen (secondary N) is 2. The minimum absolute atomic E-state index is 0.0539. The molecule has 9 heteroatoms. The molecule has 0 aliphatic rings. The summed E-state index contributed by atoms with van der Waals surface area (Å²) in [5, 5.41) is 10.1. The third-order valence-electron chi connectivity index (χ3n) is 4.95. The largest absolute Gasteiger partial charge is 0.493 e. The van der Waals surface area contributed by atoms with E-state index in [1.54, 1.807) is 18.8 Å². The number of nitrogens with zero attached hydrogens (tertiary/aromatic N) is 2. The summed E-state index contributed by atoms with van der Waals surface area (Å²) in [4.78, 5) is 12.8. The van der Waals surface area contributed by atoms with Crippen molar-refractivity contribution in [2.75, 3.05) is 27.4 Å². The van der Waals surface area contributed by atoms with Gasteiger partial charge in [0.15, 0.2) is 22.1 Å². The number of rotatable bonds is 10. The molecule has 0 bridgehead atoms. The molecule has 32 heavy (non-hydrogen) atoms. The molecule has 3 aromatic rings. The predicted molar refractivity (Wildman–Crippen MR) is 125 cm³/mol. The molecule has 1 heterocycles. The summed E-state index contributed by atoms with van der Waals surface area (Å²) in [7, 11) is 3.20. The van der Waals surface area contributed by atoms with Gasteiger partial charge in [-0.05, 0) is 49.8 Å². The highest BCUT2D eigenvalue weighted by molar-refractivity contribution is 7.71. The van der Waals surface area contributed by atoms with Crippen LogP contribution in [0, 0.1) is 11.7 Å². The van der Waals surface area contributed by atoms with Crippen molar-refractivity contribution in [1.82, 2.24) is 20.1 Å². The van der Waals surface area contributed by atoms with E-state index in [0.29, 0.717) is 35.3 Å². The van der Waals surface area contributed by atoms with E-state index in [1.165, 1.54) is 0 Å². The van der Waals surface area contributed by atoms with Gasteiger partial charge in [-0.1, -0.05) is 29.8 Å². The molecule has 0 aliphatic heterocycles. The van der Waals surface area contributed by atoms with Crippen LogP contribution in [0.4, 0.5) is 0 Å². The molecule has 2 aromatic carbocycles. The number of methoxy groups -OCH3 is 2. The third-order valence-corrected chi connectivity index (χ3v) is 5.26. The molecule has 0 fully saturated rings. The van der Waals surface area contributed by atoms with E-state index >= 15 is 0 Å². The first-order valence-corrected chi connectivity index (χ1v) is 10.6. The lowest BCUT2D eigenvalue weighted by atomic mass is 10.1. The van der Waals surface area contributed by atoms with Crippen LogP contribution < -0.4 is 14.8 Å². The molecule has 3 rings (SSSR count). The Bertz CT molecular complexity index is 1130. The predicted octanol–water partition coefficient (Wildman–Crippen LogP) is 3.83. The van der Waals surface area contributed by atoms with Crippen molar-refractivity contribution in [2.45, 2.75) is 26.4 Å². The van der Waals surface area contributed by atoms with Gasteiger partial charge in [0.2, 0.25) is 5.91 Å². The van der Waals surface area contributed by atoms with Gasteiger partial charge in [-0.3, -0.25) is 14.5 Å². The number of benzene rings is 2. The second kappa shape index (κ2) is 10.9. The summed E-state index contributed by atoms with van der Waals surface area (Å²) in [6.45, 7) is 4.88. The van der Waals surface area contributed by atoms with Crippen molar-refractivity contribution in [3.05, 3.63) is 58.4 Å². The van der Waals surface area contributed by atoms with E-state index in [4.69, 9.17) is 26.4 Å². The second-order valence-corrected chi connectivity index (χ2v) is 7.74. The number of hydrogen-bond acceptors (Lipinski definition) is 6. The first kappa shape index (κ1) is 23.5. The Kier molecular flexibility index (Phi) is 8.02. The Morgan fingerprint density at radius 2 is 2.00 bits per heavy atom. The van der Waals surface area contributed by atoms with Crippen LogP contribution in [0.5, 0.6) is 11.5 Å². The van der Waals surface area contributed by atoms with Gasteiger partial charge in [-0.2, -0.15) is 5.10 Å². The normalized spacial score (nSPS) is 11.8. The molecule has 0 spiro atoms. The Morgan fingerprint density at radius 3 is 2.72 bits per heavy atom. The first-order valence-electron chi connectivity index (χ1n) is 10.2. The Balaban J connectivity index is 1.71. The number of carbonyl (C=O) groups excluding carboxylic acids is 1. The van der Waals surface area contributed by atoms with Crippen molar-refractivity contribution in [1.29, 1.82) is 0 Å². The van der Waals surface area contributed by atoms with Crippen LogP contribution in [-0.2, 0) is 16.1 Å². The van der Waals surface area contributed by atoms with E-state index in [0.717, 1.165) is 16.7 Å². The van der Waals surface area contributed by atoms with Crippen LogP contribution >= 0.6 is 12.2 Å². The van der Waals surface area contributed by atoms with Crippen LogP contribution in [0.25, 0.3) is 11.4 Å². The van der Waals surface area contributed by atoms with Crippen LogP contribution in [-0.4, -0.2) is 48.1 Å². The van der Waals surface area contributed by atoms with Crippen molar-refractivity contribution in [2.24, 2.45) is 0 Å². The summed E-state index contributed by atoms with van der Waals surface area (Å²) >= 11 is 5.35. The summed E-state index contributed by atoms with van der Waals surface area (Å²) in [6, 6.07) is 13.2. The second-order valence-electron chi connectivity index (χ2n) is 7.35. The number of aryl methyl sites for hydroxylation is 1. The fourth-order valence-corrected chi connectivity index (χ4v) is 3.49. The smallest absolute Gasteiger partial charge is 0.240 e. The van der Waals surface area contributed by atoms with Gasteiger partial charge in [0.1, 0.15) is 13.2 Å². The van der Waals surface area contributed by atoms with Crippen LogP contribution in [0.2, 0.25) is 0 Å². The van der Waals surface area contributed by atoms with Crippen LogP contribution in [0.1, 0.15) is 24.1 Å². The number of hydrogen-bond donors (Lipinski definition) is 2. The maximum absolute atomic E-state index is 12.8. The number of carbonyl (C=O) groups is 1. The highest BCUT2D eigenvalue weighted by Crippen LogP contribution is 2.30. The quantitative estimate of drug-likeness (QED) is 0.356. The molecular weight excluding hydrogens is 428 g/mol. The van der Waals surface area contributed by atoms with Crippen molar-refractivity contribution in [3.8, 4) is 22.9 Å². The van der Waals surface area contributed by atoms with E-state index in [2.05, 4.69) is 15.5 Å². The van der Waals surface area contributed by atoms with E-state index in [-0.39, 0.29) is 18.5 Å². The van der Waals surface area contributed by atoms with E-state index in [1.807, 2.05) is 56.3 Å². The van der Waals surface area contributed by atoms with Gasteiger partial charge in [0.05, 0.1) is 19.8 Å². The number of aromatic nitrogens is 3. The zero-order valence-corrected chi connectivity index (χ0v) is 19.5. The molecule has 2 N–H and O–H groups in total. The third kappa shape index (κ3) is 5.74. The monoisotopic (exact) mass is 456 g/mol. The number of ether oxygens (including phenoxy) is 3. The molecule has 0 radical (unpaired) electrons. The van der Waals surface area contributed by atoms with Crippen LogP contribution in [0.3, 0.4) is 0 Å². The summed E-state index contributed by atoms with van der Waals surface area (Å²) in [5.41, 5.74) is 2.89. The van der Waals surface area contributed by atoms with Gasteiger partial charge in [0, 0.05) is 12.7 Å². The molecule has 1 amide bonds. The van der Waals surface area contributed by atoms with Gasteiger partial charge in [0.25, 0.3) is 0 Å². The maximum Gasteiger partial charge on any atom is 0.240 e. The minimum Gasteiger partial charge on any atom is -0.493 e. The van der Waals surface area contributed by atoms with E-state index < -0.39 is 0 Å². The summed E-state index contributed by atoms with van der Waals surface area (Å²) < 4.78 is 18.2. The summed E-state index contributed by atoms with van der Waals surface area (Å²) in [6.07, 6.45) is 0. The van der Waals surface area contributed by atoms with Crippen molar-refractivity contribution in [3.63, 3.8) is 0 Å². The molecule has 170 valence electrons. The zero-order chi connectivity index (χ0) is 23.1. The molecular formula is C23H28N4O4S. The Morgan fingerprint density at radius 1 is 1.19 bits per heavy atom. The van der Waals surface area contributed by atoms with Crippen molar-refractivity contribution >= 4 is 18.1 Å². The lowest BCUT2D eigenvalue weighted by molar-refractivity contribution is -0.122. The lowest BCUT2D eigenvalue weighted by Crippen LogP contribution is -2.30. The average Bonchev–Trinajstić information content (AvgIpc) is 3.14. The zero-order valence-electron chi connectivity index (χ0n) is 18.7. The highest BCUT2D eigenvalue weighted by atomic mass is 32.1. The molecule has 1 unspecified atom stereocenters. The Labute approximate surface area is 192 Å². The highest BCUT2D eigenvalue weighted by Gasteiger charge is 2.16. The van der Waals surface area contributed by atoms with Gasteiger partial charge in [-0.25, -0.2) is 0 Å². The van der Waals surface area contributed by atoms with Gasteiger partial charge in [-0.15, -0.1) is 0 Å². The number of aromatic amines is 1. The molecule has 8 nitrogen and oxygen atoms in total. The fraction of sp³-hybridized carbons (Fsp3) is 0.348. The Hall–Kier alpha value is -3.17. The maximum atomic E-state index is 12.8. The van der Waals surface area contributed by atoms with E-state index in [9.17, 15) is 4.79 Å². The number of amides is 1.